The van der Waals surface area contributed by atoms with Crippen LogP contribution in [-0.4, -0.2) is 18.6 Å². The molecule has 0 radical (unpaired) electrons. The van der Waals surface area contributed by atoms with Crippen molar-refractivity contribution in [3.63, 3.8) is 0 Å². The van der Waals surface area contributed by atoms with Crippen LogP contribution in [0.1, 0.15) is 39.0 Å². The summed E-state index contributed by atoms with van der Waals surface area (Å²) < 4.78 is 5.59. The summed E-state index contributed by atoms with van der Waals surface area (Å²) in [5, 5.41) is 3.44. The Balaban J connectivity index is 1.75. The normalized spacial score (nSPS) is 16.0. The summed E-state index contributed by atoms with van der Waals surface area (Å²) in [6.07, 6.45) is 7.59. The average Bonchev–Trinajstić information content (AvgIpc) is 2.50. The molecule has 0 bridgehead atoms. The lowest BCUT2D eigenvalue weighted by molar-refractivity contribution is -0.127. The van der Waals surface area contributed by atoms with Crippen molar-refractivity contribution in [2.45, 2.75) is 45.1 Å². The van der Waals surface area contributed by atoms with Gasteiger partial charge in [-0.1, -0.05) is 35.4 Å². The van der Waals surface area contributed by atoms with Gasteiger partial charge >= 0.3 is 0 Å². The summed E-state index contributed by atoms with van der Waals surface area (Å²) in [6, 6.07) is 7.18. The lowest BCUT2D eigenvalue weighted by Gasteiger charge is -2.17. The van der Waals surface area contributed by atoms with Crippen molar-refractivity contribution in [3.8, 4) is 5.75 Å². The van der Waals surface area contributed by atoms with Gasteiger partial charge in [0.15, 0.2) is 6.10 Å². The molecule has 0 spiro atoms. The van der Waals surface area contributed by atoms with Gasteiger partial charge in [-0.25, -0.2) is 0 Å². The van der Waals surface area contributed by atoms with Crippen LogP contribution in [0, 0.1) is 0 Å². The number of benzene rings is 1. The van der Waals surface area contributed by atoms with Gasteiger partial charge in [-0.05, 0) is 51.2 Å². The lowest BCUT2D eigenvalue weighted by Crippen LogP contribution is -2.37. The number of amides is 1. The minimum Gasteiger partial charge on any atom is -0.479 e. The Morgan fingerprint density at radius 1 is 1.38 bits per heavy atom. The molecule has 1 atom stereocenters. The summed E-state index contributed by atoms with van der Waals surface area (Å²) in [4.78, 5) is 12.0. The summed E-state index contributed by atoms with van der Waals surface area (Å²) in [5.41, 5.74) is 1.46. The molecule has 0 unspecified atom stereocenters. The van der Waals surface area contributed by atoms with Crippen molar-refractivity contribution in [1.82, 2.24) is 5.32 Å². The molecule has 4 heteroatoms. The minimum absolute atomic E-state index is 0.105. The summed E-state index contributed by atoms with van der Waals surface area (Å²) in [7, 11) is 0. The van der Waals surface area contributed by atoms with Crippen molar-refractivity contribution in [3.05, 3.63) is 40.9 Å². The van der Waals surface area contributed by atoms with E-state index < -0.39 is 6.10 Å². The molecule has 1 aliphatic carbocycles. The Kier molecular flexibility index (Phi) is 6.12. The summed E-state index contributed by atoms with van der Waals surface area (Å²) in [5.74, 6) is 0.433. The second-order valence-corrected chi connectivity index (χ2v) is 5.75. The first-order valence-electron chi connectivity index (χ1n) is 7.53. The van der Waals surface area contributed by atoms with Gasteiger partial charge in [0, 0.05) is 6.54 Å². The Morgan fingerprint density at radius 2 is 2.19 bits per heavy atom. The number of halogens is 1. The number of carbonyl (C=O) groups excluding carboxylic acids is 1. The molecule has 0 heterocycles. The van der Waals surface area contributed by atoms with Gasteiger partial charge in [0.05, 0.1) is 5.02 Å². The molecule has 3 nitrogen and oxygen atoms in total. The first-order valence-corrected chi connectivity index (χ1v) is 7.91. The molecule has 1 N–H and O–H groups in total. The Labute approximate surface area is 131 Å². The molecule has 2 rings (SSSR count). The molecule has 114 valence electrons. The van der Waals surface area contributed by atoms with Gasteiger partial charge in [-0.2, -0.15) is 0 Å². The quantitative estimate of drug-likeness (QED) is 0.803. The highest BCUT2D eigenvalue weighted by molar-refractivity contribution is 6.32. The van der Waals surface area contributed by atoms with E-state index in [-0.39, 0.29) is 5.91 Å². The minimum atomic E-state index is -0.551. The predicted molar refractivity (Wildman–Crippen MR) is 85.7 cm³/mol. The van der Waals surface area contributed by atoms with Crippen molar-refractivity contribution in [2.24, 2.45) is 0 Å². The molecule has 21 heavy (non-hydrogen) atoms. The zero-order chi connectivity index (χ0) is 15.1. The number of para-hydroxylation sites is 1. The maximum atomic E-state index is 12.0. The maximum Gasteiger partial charge on any atom is 0.260 e. The molecular formula is C17H22ClNO2. The summed E-state index contributed by atoms with van der Waals surface area (Å²) in [6.45, 7) is 2.40. The molecular weight excluding hydrogens is 286 g/mol. The van der Waals surface area contributed by atoms with E-state index in [0.29, 0.717) is 17.3 Å². The number of carbonyl (C=O) groups is 1. The number of ether oxygens (including phenoxy) is 1. The van der Waals surface area contributed by atoms with E-state index in [9.17, 15) is 4.79 Å². The molecule has 1 aliphatic rings. The molecule has 1 aromatic carbocycles. The van der Waals surface area contributed by atoms with E-state index in [1.165, 1.54) is 31.3 Å². The first-order chi connectivity index (χ1) is 10.2. The largest absolute Gasteiger partial charge is 0.479 e. The maximum absolute atomic E-state index is 12.0. The van der Waals surface area contributed by atoms with E-state index in [2.05, 4.69) is 11.4 Å². The molecule has 0 saturated carbocycles. The topological polar surface area (TPSA) is 38.3 Å². The zero-order valence-electron chi connectivity index (χ0n) is 12.4. The van der Waals surface area contributed by atoms with Gasteiger partial charge in [-0.15, -0.1) is 0 Å². The van der Waals surface area contributed by atoms with Crippen molar-refractivity contribution >= 4 is 17.5 Å². The number of allylic oxidation sites excluding steroid dienone is 1. The van der Waals surface area contributed by atoms with Crippen molar-refractivity contribution in [2.75, 3.05) is 6.54 Å². The standard InChI is InChI=1S/C17H22ClNO2/c1-13(21-16-10-6-5-9-15(16)18)17(20)19-12-11-14-7-3-2-4-8-14/h5-7,9-10,13H,2-4,8,11-12H2,1H3,(H,19,20)/t13-/m1/s1. The number of hydrogen-bond acceptors (Lipinski definition) is 2. The molecule has 0 aromatic heterocycles. The Hall–Kier alpha value is -1.48. The van der Waals surface area contributed by atoms with Gasteiger partial charge in [-0.3, -0.25) is 4.79 Å². The fourth-order valence-electron chi connectivity index (χ4n) is 2.41. The molecule has 1 amide bonds. The van der Waals surface area contributed by atoms with Crippen molar-refractivity contribution in [1.29, 1.82) is 0 Å². The van der Waals surface area contributed by atoms with Gasteiger partial charge < -0.3 is 10.1 Å². The Bertz CT molecular complexity index is 513. The van der Waals surface area contributed by atoms with E-state index in [1.54, 1.807) is 19.1 Å². The molecule has 1 aromatic rings. The third kappa shape index (κ3) is 5.09. The lowest BCUT2D eigenvalue weighted by atomic mass is 9.97. The van der Waals surface area contributed by atoms with Crippen LogP contribution in [0.2, 0.25) is 5.02 Å². The fraction of sp³-hybridized carbons (Fsp3) is 0.471. The molecule has 0 fully saturated rings. The van der Waals surface area contributed by atoms with E-state index in [1.807, 2.05) is 12.1 Å². The van der Waals surface area contributed by atoms with E-state index >= 15 is 0 Å². The van der Waals surface area contributed by atoms with E-state index in [0.717, 1.165) is 6.42 Å². The van der Waals surface area contributed by atoms with Crippen molar-refractivity contribution < 1.29 is 9.53 Å². The highest BCUT2D eigenvalue weighted by atomic mass is 35.5. The first kappa shape index (κ1) is 15.9. The molecule has 0 aliphatic heterocycles. The van der Waals surface area contributed by atoms with Crippen LogP contribution in [0.3, 0.4) is 0 Å². The zero-order valence-corrected chi connectivity index (χ0v) is 13.2. The third-order valence-corrected chi connectivity index (χ3v) is 3.95. The van der Waals surface area contributed by atoms with Gasteiger partial charge in [0.25, 0.3) is 5.91 Å². The fourth-order valence-corrected chi connectivity index (χ4v) is 2.59. The smallest absolute Gasteiger partial charge is 0.260 e. The number of nitrogens with one attached hydrogen (secondary N) is 1. The van der Waals surface area contributed by atoms with Gasteiger partial charge in [0.1, 0.15) is 5.75 Å². The summed E-state index contributed by atoms with van der Waals surface area (Å²) >= 11 is 6.01. The number of hydrogen-bond donors (Lipinski definition) is 1. The van der Waals surface area contributed by atoms with Crippen LogP contribution in [0.4, 0.5) is 0 Å². The highest BCUT2D eigenvalue weighted by Gasteiger charge is 2.15. The van der Waals surface area contributed by atoms with Crippen LogP contribution in [0.25, 0.3) is 0 Å². The number of rotatable bonds is 6. The highest BCUT2D eigenvalue weighted by Crippen LogP contribution is 2.24. The van der Waals surface area contributed by atoms with Crippen LogP contribution in [0.15, 0.2) is 35.9 Å². The second kappa shape index (κ2) is 8.08. The van der Waals surface area contributed by atoms with Gasteiger partial charge in [0.2, 0.25) is 0 Å². The third-order valence-electron chi connectivity index (χ3n) is 3.64. The van der Waals surface area contributed by atoms with E-state index in [4.69, 9.17) is 16.3 Å². The van der Waals surface area contributed by atoms with Crippen LogP contribution >= 0.6 is 11.6 Å². The SMILES string of the molecule is C[C@@H](Oc1ccccc1Cl)C(=O)NCCC1=CCCCC1. The van der Waals surface area contributed by atoms with Crippen LogP contribution in [-0.2, 0) is 4.79 Å². The Morgan fingerprint density at radius 3 is 2.90 bits per heavy atom. The molecule has 0 saturated heterocycles. The monoisotopic (exact) mass is 307 g/mol. The second-order valence-electron chi connectivity index (χ2n) is 5.34. The van der Waals surface area contributed by atoms with Crippen LogP contribution in [0.5, 0.6) is 5.75 Å². The van der Waals surface area contributed by atoms with Crippen LogP contribution < -0.4 is 10.1 Å². The average molecular weight is 308 g/mol. The predicted octanol–water partition coefficient (Wildman–Crippen LogP) is 4.11.